The van der Waals surface area contributed by atoms with E-state index in [1.165, 1.54) is 119 Å². The quantitative estimate of drug-likeness (QED) is 0.537. The molecule has 0 aromatic carbocycles. The Bertz CT molecular complexity index is 449. The van der Waals surface area contributed by atoms with Crippen molar-refractivity contribution in [3.05, 3.63) is 0 Å². The topological polar surface area (TPSA) is 0 Å². The molecule has 1 saturated carbocycles. The number of likely N-dealkylation sites (tertiary alicyclic amines) is 2. The van der Waals surface area contributed by atoms with Gasteiger partial charge in [-0.05, 0) is 68.1 Å². The lowest BCUT2D eigenvalue weighted by Gasteiger charge is -2.50. The molecule has 27 heavy (non-hydrogen) atoms. The Morgan fingerprint density at radius 3 is 1.67 bits per heavy atom. The van der Waals surface area contributed by atoms with Crippen LogP contribution in [0.15, 0.2) is 0 Å². The second-order valence-electron chi connectivity index (χ2n) is 12.5. The van der Waals surface area contributed by atoms with Crippen molar-refractivity contribution in [3.63, 3.8) is 0 Å². The van der Waals surface area contributed by atoms with Gasteiger partial charge in [0.05, 0.1) is 53.4 Å². The smallest absolute Gasteiger partial charge is 0.0838 e. The summed E-state index contributed by atoms with van der Waals surface area (Å²) in [7, 11) is 5.10. The molecule has 0 amide bonds. The van der Waals surface area contributed by atoms with Crippen molar-refractivity contribution >= 4 is 0 Å². The molecule has 1 spiro atoms. The van der Waals surface area contributed by atoms with Gasteiger partial charge < -0.3 is 8.97 Å². The van der Waals surface area contributed by atoms with E-state index in [0.717, 1.165) is 11.3 Å². The number of hydrogen-bond acceptors (Lipinski definition) is 0. The first-order valence-corrected chi connectivity index (χ1v) is 12.3. The summed E-state index contributed by atoms with van der Waals surface area (Å²) in [4.78, 5) is 0. The van der Waals surface area contributed by atoms with Crippen molar-refractivity contribution in [3.8, 4) is 0 Å². The average Bonchev–Trinajstić information content (AvgIpc) is 2.83. The summed E-state index contributed by atoms with van der Waals surface area (Å²) in [6, 6.07) is 0. The minimum Gasteiger partial charge on any atom is -0.326 e. The van der Waals surface area contributed by atoms with E-state index in [1.807, 2.05) is 0 Å². The van der Waals surface area contributed by atoms with Crippen LogP contribution in [0.1, 0.15) is 91.4 Å². The Labute approximate surface area is 170 Å². The molecule has 2 saturated heterocycles. The lowest BCUT2D eigenvalue weighted by Crippen LogP contribution is -2.55. The van der Waals surface area contributed by atoms with Crippen LogP contribution in [-0.2, 0) is 0 Å². The number of rotatable bonds is 4. The van der Waals surface area contributed by atoms with Crippen molar-refractivity contribution in [2.45, 2.75) is 91.4 Å². The molecule has 2 heteroatoms. The van der Waals surface area contributed by atoms with Gasteiger partial charge in [-0.15, -0.1) is 0 Å². The van der Waals surface area contributed by atoms with Crippen molar-refractivity contribution < 1.29 is 8.97 Å². The summed E-state index contributed by atoms with van der Waals surface area (Å²) in [6.45, 7) is 16.0. The molecular formula is C25H50N2+2. The molecule has 3 fully saturated rings. The Balaban J connectivity index is 1.43. The largest absolute Gasteiger partial charge is 0.326 e. The lowest BCUT2D eigenvalue weighted by molar-refractivity contribution is -0.931. The van der Waals surface area contributed by atoms with E-state index < -0.39 is 0 Å². The van der Waals surface area contributed by atoms with Crippen molar-refractivity contribution in [1.29, 1.82) is 0 Å². The highest BCUT2D eigenvalue weighted by Crippen LogP contribution is 2.50. The standard InChI is InChI=1S/C25H50N2/c1-24(2,3)23-11-13-25(14-12-23)15-21-27(5,22-16-25)20-10-19-26(4)17-8-6-7-9-18-26/h23H,6-22H2,1-5H3/q+2. The maximum atomic E-state index is 2.57. The predicted molar refractivity (Wildman–Crippen MR) is 118 cm³/mol. The van der Waals surface area contributed by atoms with Gasteiger partial charge in [-0.25, -0.2) is 0 Å². The van der Waals surface area contributed by atoms with Crippen LogP contribution in [0.2, 0.25) is 0 Å². The molecule has 158 valence electrons. The predicted octanol–water partition coefficient (Wildman–Crippen LogP) is 5.86. The molecule has 0 unspecified atom stereocenters. The number of nitrogens with zero attached hydrogens (tertiary/aromatic N) is 2. The van der Waals surface area contributed by atoms with E-state index in [-0.39, 0.29) is 0 Å². The van der Waals surface area contributed by atoms with E-state index in [1.54, 1.807) is 0 Å². The first-order valence-electron chi connectivity index (χ1n) is 12.3. The van der Waals surface area contributed by atoms with Gasteiger partial charge in [0.25, 0.3) is 0 Å². The van der Waals surface area contributed by atoms with Gasteiger partial charge in [-0.3, -0.25) is 0 Å². The average molecular weight is 379 g/mol. The monoisotopic (exact) mass is 378 g/mol. The Morgan fingerprint density at radius 1 is 0.704 bits per heavy atom. The summed E-state index contributed by atoms with van der Waals surface area (Å²) in [5, 5.41) is 0. The van der Waals surface area contributed by atoms with Crippen LogP contribution in [0.3, 0.4) is 0 Å². The fourth-order valence-corrected chi connectivity index (χ4v) is 6.58. The molecule has 3 aliphatic rings. The summed E-state index contributed by atoms with van der Waals surface area (Å²) in [6.07, 6.45) is 16.3. The maximum absolute atomic E-state index is 2.57. The van der Waals surface area contributed by atoms with Crippen LogP contribution in [0.4, 0.5) is 0 Å². The lowest BCUT2D eigenvalue weighted by atomic mass is 9.61. The zero-order valence-corrected chi connectivity index (χ0v) is 19.5. The second kappa shape index (κ2) is 8.34. The number of piperidine rings is 1. The third-order valence-corrected chi connectivity index (χ3v) is 9.18. The summed E-state index contributed by atoms with van der Waals surface area (Å²) >= 11 is 0. The highest BCUT2D eigenvalue weighted by atomic mass is 15.4. The van der Waals surface area contributed by atoms with E-state index in [2.05, 4.69) is 34.9 Å². The van der Waals surface area contributed by atoms with Crippen molar-refractivity contribution in [1.82, 2.24) is 0 Å². The SMILES string of the molecule is CC(C)(C)C1CCC2(CC1)CC[N+](C)(CCC[N+]1(C)CCCCCC1)CC2. The Kier molecular flexibility index (Phi) is 6.68. The zero-order valence-electron chi connectivity index (χ0n) is 19.5. The van der Waals surface area contributed by atoms with Gasteiger partial charge in [0.15, 0.2) is 0 Å². The molecule has 0 N–H and O–H groups in total. The van der Waals surface area contributed by atoms with Crippen LogP contribution in [0, 0.1) is 16.7 Å². The first-order chi connectivity index (χ1) is 12.6. The highest BCUT2D eigenvalue weighted by Gasteiger charge is 2.44. The molecular weight excluding hydrogens is 328 g/mol. The fourth-order valence-electron chi connectivity index (χ4n) is 6.58. The first kappa shape index (κ1) is 21.6. The van der Waals surface area contributed by atoms with Gasteiger partial charge in [0, 0.05) is 19.3 Å². The summed E-state index contributed by atoms with van der Waals surface area (Å²) in [5.74, 6) is 0.962. The fraction of sp³-hybridized carbons (Fsp3) is 1.00. The Morgan fingerprint density at radius 2 is 1.19 bits per heavy atom. The highest BCUT2D eigenvalue weighted by molar-refractivity contribution is 4.90. The molecule has 2 nitrogen and oxygen atoms in total. The van der Waals surface area contributed by atoms with Crippen molar-refractivity contribution in [2.24, 2.45) is 16.7 Å². The van der Waals surface area contributed by atoms with Crippen LogP contribution in [0.5, 0.6) is 0 Å². The molecule has 0 aromatic rings. The van der Waals surface area contributed by atoms with E-state index in [0.29, 0.717) is 5.41 Å². The second-order valence-corrected chi connectivity index (χ2v) is 12.5. The van der Waals surface area contributed by atoms with E-state index in [4.69, 9.17) is 0 Å². The van der Waals surface area contributed by atoms with Crippen LogP contribution >= 0.6 is 0 Å². The van der Waals surface area contributed by atoms with Gasteiger partial charge in [0.1, 0.15) is 0 Å². The molecule has 2 aliphatic heterocycles. The Hall–Kier alpha value is -0.0800. The van der Waals surface area contributed by atoms with E-state index >= 15 is 0 Å². The van der Waals surface area contributed by atoms with Gasteiger partial charge in [-0.2, -0.15) is 0 Å². The minimum atomic E-state index is 0.521. The molecule has 0 atom stereocenters. The molecule has 0 radical (unpaired) electrons. The summed E-state index contributed by atoms with van der Waals surface area (Å²) < 4.78 is 2.72. The molecule has 0 bridgehead atoms. The molecule has 3 rings (SSSR count). The normalized spacial score (nSPS) is 37.9. The number of quaternary nitrogens is 2. The minimum absolute atomic E-state index is 0.521. The van der Waals surface area contributed by atoms with Gasteiger partial charge in [-0.1, -0.05) is 20.8 Å². The molecule has 0 aromatic heterocycles. The van der Waals surface area contributed by atoms with Gasteiger partial charge >= 0.3 is 0 Å². The molecule has 1 aliphatic carbocycles. The molecule has 2 heterocycles. The summed E-state index contributed by atoms with van der Waals surface area (Å²) in [5.41, 5.74) is 1.25. The third-order valence-electron chi connectivity index (χ3n) is 9.18. The zero-order chi connectivity index (χ0) is 19.6. The third kappa shape index (κ3) is 5.72. The van der Waals surface area contributed by atoms with E-state index in [9.17, 15) is 0 Å². The van der Waals surface area contributed by atoms with Gasteiger partial charge in [0.2, 0.25) is 0 Å². The van der Waals surface area contributed by atoms with Crippen LogP contribution in [0.25, 0.3) is 0 Å². The van der Waals surface area contributed by atoms with Crippen LogP contribution < -0.4 is 0 Å². The van der Waals surface area contributed by atoms with Crippen LogP contribution in [-0.4, -0.2) is 62.3 Å². The number of hydrogen-bond donors (Lipinski definition) is 0. The van der Waals surface area contributed by atoms with Crippen molar-refractivity contribution in [2.75, 3.05) is 53.4 Å². The maximum Gasteiger partial charge on any atom is 0.0838 e.